The Morgan fingerprint density at radius 3 is 2.36 bits per heavy atom. The fourth-order valence-corrected chi connectivity index (χ4v) is 1.93. The zero-order valence-electron chi connectivity index (χ0n) is 8.68. The van der Waals surface area contributed by atoms with Crippen LogP contribution in [0.25, 0.3) is 0 Å². The molecule has 1 radical (unpaired) electrons. The molecule has 14 heavy (non-hydrogen) atoms. The molecule has 0 N–H and O–H groups in total. The highest BCUT2D eigenvalue weighted by molar-refractivity contribution is 7.27. The van der Waals surface area contributed by atoms with Crippen molar-refractivity contribution in [1.29, 1.82) is 0 Å². The van der Waals surface area contributed by atoms with Crippen molar-refractivity contribution >= 4 is 20.3 Å². The van der Waals surface area contributed by atoms with E-state index in [2.05, 4.69) is 9.24 Å². The van der Waals surface area contributed by atoms with E-state index < -0.39 is 6.61 Å². The molecule has 1 rings (SSSR count). The van der Waals surface area contributed by atoms with E-state index in [1.54, 1.807) is 0 Å². The monoisotopic (exact) mass is 209 g/mol. The summed E-state index contributed by atoms with van der Waals surface area (Å²) in [6.07, 6.45) is 0. The number of aryl methyl sites for hydroxylation is 2. The Morgan fingerprint density at radius 1 is 1.29 bits per heavy atom. The normalized spacial score (nSPS) is 10.4. The lowest BCUT2D eigenvalue weighted by Crippen LogP contribution is -2.15. The van der Waals surface area contributed by atoms with E-state index in [1.807, 2.05) is 26.8 Å². The molecule has 0 saturated heterocycles. The second kappa shape index (κ2) is 4.20. The number of rotatable bonds is 2. The molecule has 0 fully saturated rings. The van der Waals surface area contributed by atoms with E-state index in [0.717, 1.165) is 22.0 Å². The molecule has 3 heteroatoms. The molecular weight excluding hydrogens is 195 g/mol. The second-order valence-corrected chi connectivity index (χ2v) is 4.07. The van der Waals surface area contributed by atoms with Crippen molar-refractivity contribution in [1.82, 2.24) is 0 Å². The lowest BCUT2D eigenvalue weighted by molar-refractivity contribution is 0.0826. The van der Waals surface area contributed by atoms with Gasteiger partial charge in [-0.1, -0.05) is 6.07 Å². The van der Waals surface area contributed by atoms with Crippen LogP contribution in [0.5, 0.6) is 0 Å². The van der Waals surface area contributed by atoms with Crippen molar-refractivity contribution < 1.29 is 9.90 Å². The van der Waals surface area contributed by atoms with E-state index in [1.165, 1.54) is 0 Å². The molecule has 0 aliphatic rings. The quantitative estimate of drug-likeness (QED) is 0.539. The van der Waals surface area contributed by atoms with Crippen LogP contribution in [0.2, 0.25) is 0 Å². The molecule has 1 unspecified atom stereocenters. The number of hydrogen-bond donors (Lipinski definition) is 0. The van der Waals surface area contributed by atoms with Gasteiger partial charge in [0.05, 0.1) is 0 Å². The zero-order chi connectivity index (χ0) is 10.9. The van der Waals surface area contributed by atoms with Crippen LogP contribution in [0.1, 0.15) is 27.0 Å². The average Bonchev–Trinajstić information content (AvgIpc) is 2.14. The molecule has 1 atom stereocenters. The summed E-state index contributed by atoms with van der Waals surface area (Å²) in [5.74, 6) is -0.316. The largest absolute Gasteiger partial charge is 0.291 e. The van der Waals surface area contributed by atoms with Crippen molar-refractivity contribution in [3.63, 3.8) is 0 Å². The highest BCUT2D eigenvalue weighted by atomic mass is 31.0. The van der Waals surface area contributed by atoms with Gasteiger partial charge in [0.25, 0.3) is 0 Å². The summed E-state index contributed by atoms with van der Waals surface area (Å²) < 4.78 is 0. The summed E-state index contributed by atoms with van der Waals surface area (Å²) in [4.78, 5) is 11.4. The van der Waals surface area contributed by atoms with Gasteiger partial charge in [-0.05, 0) is 42.8 Å². The third-order valence-corrected chi connectivity index (χ3v) is 3.33. The van der Waals surface area contributed by atoms with Crippen LogP contribution in [0, 0.1) is 20.8 Å². The lowest BCUT2D eigenvalue weighted by atomic mass is 9.97. The molecule has 0 amide bonds. The molecule has 75 valence electrons. The predicted molar refractivity (Wildman–Crippen MR) is 59.9 cm³/mol. The number of hydrogen-bond acceptors (Lipinski definition) is 1. The molecule has 0 aromatic heterocycles. The van der Waals surface area contributed by atoms with Gasteiger partial charge in [-0.15, -0.1) is 9.24 Å². The van der Waals surface area contributed by atoms with E-state index >= 15 is 0 Å². The van der Waals surface area contributed by atoms with Gasteiger partial charge in [0.1, 0.15) is 6.61 Å². The van der Waals surface area contributed by atoms with Crippen LogP contribution >= 0.6 is 9.24 Å². The maximum absolute atomic E-state index is 11.4. The first kappa shape index (κ1) is 11.4. The van der Waals surface area contributed by atoms with E-state index in [-0.39, 0.29) is 5.78 Å². The predicted octanol–water partition coefficient (Wildman–Crippen LogP) is 1.73. The van der Waals surface area contributed by atoms with Gasteiger partial charge < -0.3 is 0 Å². The van der Waals surface area contributed by atoms with Gasteiger partial charge in [0.15, 0.2) is 5.78 Å². The molecule has 1 aromatic rings. The molecule has 0 bridgehead atoms. The van der Waals surface area contributed by atoms with Gasteiger partial charge in [0.2, 0.25) is 0 Å². The van der Waals surface area contributed by atoms with Crippen molar-refractivity contribution in [3.8, 4) is 0 Å². The third-order valence-electron chi connectivity index (χ3n) is 2.44. The minimum atomic E-state index is -0.672. The first-order valence-corrected chi connectivity index (χ1v) is 5.04. The van der Waals surface area contributed by atoms with Crippen LogP contribution < -0.4 is 5.30 Å². The van der Waals surface area contributed by atoms with Gasteiger partial charge in [-0.3, -0.25) is 4.79 Å². The molecule has 0 aliphatic carbocycles. The molecule has 1 aromatic carbocycles. The summed E-state index contributed by atoms with van der Waals surface area (Å²) in [5.41, 5.74) is 3.53. The zero-order valence-corrected chi connectivity index (χ0v) is 9.83. The summed E-state index contributed by atoms with van der Waals surface area (Å²) in [7, 11) is 2.61. The van der Waals surface area contributed by atoms with Crippen molar-refractivity contribution in [2.45, 2.75) is 20.8 Å². The van der Waals surface area contributed by atoms with Gasteiger partial charge in [0, 0.05) is 5.56 Å². The number of carbonyl (C=O) groups excluding carboxylic acids is 1. The SMILES string of the molecule is Cc1cc(C)c(C(=O)C[O])c(C)c1P. The highest BCUT2D eigenvalue weighted by Crippen LogP contribution is 2.17. The summed E-state index contributed by atoms with van der Waals surface area (Å²) in [5, 5.41) is 11.6. The highest BCUT2D eigenvalue weighted by Gasteiger charge is 2.14. The van der Waals surface area contributed by atoms with Crippen molar-refractivity contribution in [2.24, 2.45) is 0 Å². The molecular formula is C11H14O2P. The molecule has 0 heterocycles. The molecule has 0 spiro atoms. The average molecular weight is 209 g/mol. The Hall–Kier alpha value is -0.720. The maximum Gasteiger partial charge on any atom is 0.192 e. The number of Topliss-reactive ketones (excluding diaryl/α,β-unsaturated/α-hetero) is 1. The van der Waals surface area contributed by atoms with E-state index in [4.69, 9.17) is 0 Å². The topological polar surface area (TPSA) is 37.0 Å². The molecule has 0 aliphatic heterocycles. The maximum atomic E-state index is 11.4. The van der Waals surface area contributed by atoms with Crippen LogP contribution in [0.4, 0.5) is 0 Å². The van der Waals surface area contributed by atoms with Crippen LogP contribution in [-0.4, -0.2) is 12.4 Å². The van der Waals surface area contributed by atoms with Crippen LogP contribution in [0.15, 0.2) is 6.07 Å². The smallest absolute Gasteiger partial charge is 0.192 e. The lowest BCUT2D eigenvalue weighted by Gasteiger charge is -2.12. The van der Waals surface area contributed by atoms with Crippen molar-refractivity contribution in [3.05, 3.63) is 28.3 Å². The Kier molecular flexibility index (Phi) is 3.41. The molecule has 2 nitrogen and oxygen atoms in total. The Balaban J connectivity index is 3.44. The van der Waals surface area contributed by atoms with E-state index in [0.29, 0.717) is 5.56 Å². The van der Waals surface area contributed by atoms with E-state index in [9.17, 15) is 9.90 Å². The van der Waals surface area contributed by atoms with Crippen LogP contribution in [-0.2, 0) is 5.11 Å². The Bertz CT molecular complexity index is 383. The molecule has 0 saturated carbocycles. The minimum Gasteiger partial charge on any atom is -0.291 e. The first-order valence-electron chi connectivity index (χ1n) is 4.46. The Morgan fingerprint density at radius 2 is 1.86 bits per heavy atom. The number of ketones is 1. The fraction of sp³-hybridized carbons (Fsp3) is 0.364. The second-order valence-electron chi connectivity index (χ2n) is 3.49. The van der Waals surface area contributed by atoms with Gasteiger partial charge in [-0.25, -0.2) is 5.11 Å². The summed E-state index contributed by atoms with van der Waals surface area (Å²) >= 11 is 0. The standard InChI is InChI=1S/C11H14O2P/c1-6-4-7(2)11(14)8(3)10(6)9(13)5-12/h4H,5,14H2,1-3H3. The van der Waals surface area contributed by atoms with Crippen molar-refractivity contribution in [2.75, 3.05) is 6.61 Å². The first-order chi connectivity index (χ1) is 6.49. The van der Waals surface area contributed by atoms with Crippen LogP contribution in [0.3, 0.4) is 0 Å². The minimum absolute atomic E-state index is 0.316. The van der Waals surface area contributed by atoms with Gasteiger partial charge >= 0.3 is 0 Å². The number of carbonyl (C=O) groups is 1. The summed E-state index contributed by atoms with van der Waals surface area (Å²) in [6, 6.07) is 1.94. The Labute approximate surface area is 86.5 Å². The third kappa shape index (κ3) is 1.87. The fourth-order valence-electron chi connectivity index (χ4n) is 1.70. The number of benzene rings is 1. The van der Waals surface area contributed by atoms with Gasteiger partial charge in [-0.2, -0.15) is 0 Å². The summed E-state index contributed by atoms with van der Waals surface area (Å²) in [6.45, 7) is 5.07.